The fraction of sp³-hybridized carbons (Fsp3) is 0.438. The van der Waals surface area contributed by atoms with Crippen LogP contribution in [0.1, 0.15) is 27.2 Å². The van der Waals surface area contributed by atoms with E-state index in [0.29, 0.717) is 0 Å². The van der Waals surface area contributed by atoms with Crippen molar-refractivity contribution in [1.82, 2.24) is 0 Å². The molecule has 0 radical (unpaired) electrons. The summed E-state index contributed by atoms with van der Waals surface area (Å²) < 4.78 is 9.80. The molecule has 12 nitrogen and oxygen atoms in total. The highest BCUT2D eigenvalue weighted by molar-refractivity contribution is 6.36. The molecule has 1 rings (SSSR count). The van der Waals surface area contributed by atoms with E-state index in [-0.39, 0.29) is 42.4 Å². The summed E-state index contributed by atoms with van der Waals surface area (Å²) in [7, 11) is 0. The molecule has 0 aromatic heterocycles. The van der Waals surface area contributed by atoms with Crippen LogP contribution in [0.15, 0.2) is 23.3 Å². The van der Waals surface area contributed by atoms with Gasteiger partial charge in [0.25, 0.3) is 0 Å². The van der Waals surface area contributed by atoms with Crippen LogP contribution in [0.4, 0.5) is 17.1 Å². The van der Waals surface area contributed by atoms with Crippen LogP contribution in [0.5, 0.6) is 0 Å². The van der Waals surface area contributed by atoms with Gasteiger partial charge in [0.1, 0.15) is 11.4 Å². The average Bonchev–Trinajstić information content (AvgIpc) is 2.64. The third kappa shape index (κ3) is 6.84. The molecule has 0 aliphatic rings. The summed E-state index contributed by atoms with van der Waals surface area (Å²) in [5.74, 6) is -1.97. The van der Waals surface area contributed by atoms with Gasteiger partial charge >= 0.3 is 11.9 Å². The molecule has 156 valence electrons. The van der Waals surface area contributed by atoms with Gasteiger partial charge in [-0.2, -0.15) is 15.6 Å². The molecule has 5 N–H and O–H groups in total. The van der Waals surface area contributed by atoms with E-state index in [1.165, 1.54) is 12.1 Å². The number of nitrogens with one attached hydrogen (secondary N) is 3. The largest absolute Gasteiger partial charge is 0.595 e. The van der Waals surface area contributed by atoms with Crippen LogP contribution in [0.25, 0.3) is 0 Å². The minimum Gasteiger partial charge on any atom is -0.595 e. The maximum atomic E-state index is 12.1. The van der Waals surface area contributed by atoms with E-state index >= 15 is 0 Å². The van der Waals surface area contributed by atoms with Crippen LogP contribution in [-0.4, -0.2) is 41.3 Å². The van der Waals surface area contributed by atoms with Crippen LogP contribution >= 0.6 is 0 Å². The summed E-state index contributed by atoms with van der Waals surface area (Å²) in [4.78, 5) is 23.9. The minimum atomic E-state index is -1.38. The van der Waals surface area contributed by atoms with Crippen molar-refractivity contribution in [3.63, 3.8) is 0 Å². The molecule has 0 spiro atoms. The first kappa shape index (κ1) is 23.4. The van der Waals surface area contributed by atoms with E-state index in [2.05, 4.69) is 10.5 Å². The number of nitrogens with zero attached hydrogens (tertiary/aromatic N) is 1. The van der Waals surface area contributed by atoms with Gasteiger partial charge in [-0.3, -0.25) is 10.2 Å². The molecule has 1 aromatic carbocycles. The Morgan fingerprint density at radius 1 is 1.18 bits per heavy atom. The summed E-state index contributed by atoms with van der Waals surface area (Å²) in [6, 6.07) is 3.37. The summed E-state index contributed by atoms with van der Waals surface area (Å²) in [5.41, 5.74) is 1.72. The molecule has 1 aromatic rings. The molecule has 12 heteroatoms. The van der Waals surface area contributed by atoms with E-state index in [1.807, 2.05) is 0 Å². The molecular formula is C16H24N4O8. The lowest BCUT2D eigenvalue weighted by Gasteiger charge is -2.18. The Labute approximate surface area is 161 Å². The number of ether oxygens (including phenoxy) is 2. The minimum absolute atomic E-state index is 0.0249. The van der Waals surface area contributed by atoms with E-state index < -0.39 is 28.3 Å². The predicted octanol–water partition coefficient (Wildman–Crippen LogP) is -0.586. The quantitative estimate of drug-likeness (QED) is 0.195. The molecule has 0 bridgehead atoms. The molecule has 0 saturated heterocycles. The topological polar surface area (TPSA) is 172 Å². The van der Waals surface area contributed by atoms with Gasteiger partial charge in [-0.15, -0.1) is 0 Å². The number of hydrogen-bond acceptors (Lipinski definition) is 10. The summed E-state index contributed by atoms with van der Waals surface area (Å²) in [6.45, 7) is 5.08. The van der Waals surface area contributed by atoms with Gasteiger partial charge in [0.15, 0.2) is 11.4 Å². The Morgan fingerprint density at radius 3 is 2.36 bits per heavy atom. The second-order valence-corrected chi connectivity index (χ2v) is 5.62. The maximum Gasteiger partial charge on any atom is 0.354 e. The fourth-order valence-electron chi connectivity index (χ4n) is 2.13. The molecule has 28 heavy (non-hydrogen) atoms. The van der Waals surface area contributed by atoms with Gasteiger partial charge in [0, 0.05) is 12.5 Å². The predicted molar refractivity (Wildman–Crippen MR) is 96.1 cm³/mol. The monoisotopic (exact) mass is 400 g/mol. The second-order valence-electron chi connectivity index (χ2n) is 5.62. The first-order valence-corrected chi connectivity index (χ1v) is 8.48. The molecule has 0 saturated carbocycles. The van der Waals surface area contributed by atoms with Crippen molar-refractivity contribution in [2.45, 2.75) is 27.2 Å². The van der Waals surface area contributed by atoms with Gasteiger partial charge in [-0.25, -0.2) is 15.2 Å². The maximum absolute atomic E-state index is 12.1. The number of rotatable bonds is 10. The SMILES string of the molecule is CCOC(=O)C(CC(C)C(=O)OCC)=NNc1ccc([NH+]([O-])O)cc1[NH+]([O-])O. The van der Waals surface area contributed by atoms with Crippen molar-refractivity contribution >= 4 is 34.7 Å². The highest BCUT2D eigenvalue weighted by Gasteiger charge is 2.23. The Balaban J connectivity index is 3.12. The number of carbonyl (C=O) groups is 2. The molecule has 3 atom stereocenters. The Morgan fingerprint density at radius 2 is 1.82 bits per heavy atom. The van der Waals surface area contributed by atoms with Crippen molar-refractivity contribution in [1.29, 1.82) is 0 Å². The molecule has 3 unspecified atom stereocenters. The van der Waals surface area contributed by atoms with Gasteiger partial charge < -0.3 is 19.9 Å². The number of anilines is 1. The van der Waals surface area contributed by atoms with E-state index in [0.717, 1.165) is 6.07 Å². The number of carbonyl (C=O) groups excluding carboxylic acids is 2. The van der Waals surface area contributed by atoms with E-state index in [9.17, 15) is 25.2 Å². The lowest BCUT2D eigenvalue weighted by molar-refractivity contribution is -0.996. The Bertz CT molecular complexity index is 708. The van der Waals surface area contributed by atoms with Crippen molar-refractivity contribution in [2.24, 2.45) is 11.0 Å². The molecule has 0 heterocycles. The number of quaternary nitrogens is 2. The van der Waals surface area contributed by atoms with Crippen molar-refractivity contribution < 1.29 is 39.9 Å². The zero-order chi connectivity index (χ0) is 21.3. The average molecular weight is 400 g/mol. The molecule has 0 aliphatic heterocycles. The van der Waals surface area contributed by atoms with Crippen molar-refractivity contribution in [3.05, 3.63) is 28.6 Å². The number of hydrazone groups is 1. The number of hydrogen-bond donors (Lipinski definition) is 5. The molecule has 0 amide bonds. The third-order valence-corrected chi connectivity index (χ3v) is 3.51. The molecule has 0 aliphatic carbocycles. The number of benzene rings is 1. The molecule has 0 fully saturated rings. The summed E-state index contributed by atoms with van der Waals surface area (Å²) in [5, 5.41) is 41.9. The lowest BCUT2D eigenvalue weighted by Crippen LogP contribution is -3.00. The third-order valence-electron chi connectivity index (χ3n) is 3.51. The first-order valence-electron chi connectivity index (χ1n) is 8.48. The van der Waals surface area contributed by atoms with Gasteiger partial charge in [-0.1, -0.05) is 6.92 Å². The molecular weight excluding hydrogens is 376 g/mol. The van der Waals surface area contributed by atoms with Gasteiger partial charge in [0.2, 0.25) is 0 Å². The van der Waals surface area contributed by atoms with Gasteiger partial charge in [0.05, 0.1) is 25.2 Å². The smallest absolute Gasteiger partial charge is 0.354 e. The standard InChI is InChI=1S/C16H24N4O8/c1-4-27-15(21)10(3)8-13(16(22)28-5-2)18-17-12-7-6-11(19(23)24)9-14(12)20(25)26/h6-7,9-10,17,19-20,23,25H,4-5,8H2,1-3H3. The Kier molecular flexibility index (Phi) is 9.44. The van der Waals surface area contributed by atoms with Crippen LogP contribution in [0, 0.1) is 16.3 Å². The van der Waals surface area contributed by atoms with Crippen LogP contribution in [0.2, 0.25) is 0 Å². The van der Waals surface area contributed by atoms with Crippen LogP contribution in [0.3, 0.4) is 0 Å². The zero-order valence-corrected chi connectivity index (χ0v) is 15.7. The second kappa shape index (κ2) is 11.3. The summed E-state index contributed by atoms with van der Waals surface area (Å²) >= 11 is 0. The highest BCUT2D eigenvalue weighted by Crippen LogP contribution is 2.21. The first-order chi connectivity index (χ1) is 13.2. The van der Waals surface area contributed by atoms with Crippen LogP contribution in [-0.2, 0) is 19.1 Å². The lowest BCUT2D eigenvalue weighted by atomic mass is 10.0. The van der Waals surface area contributed by atoms with E-state index in [4.69, 9.17) is 14.7 Å². The van der Waals surface area contributed by atoms with Gasteiger partial charge in [-0.05, 0) is 19.9 Å². The van der Waals surface area contributed by atoms with Crippen molar-refractivity contribution in [3.8, 4) is 0 Å². The van der Waals surface area contributed by atoms with E-state index in [1.54, 1.807) is 20.8 Å². The fourth-order valence-corrected chi connectivity index (χ4v) is 2.13. The zero-order valence-electron chi connectivity index (χ0n) is 15.7. The normalized spacial score (nSPS) is 14.8. The van der Waals surface area contributed by atoms with Crippen LogP contribution < -0.4 is 15.9 Å². The summed E-state index contributed by atoms with van der Waals surface area (Å²) in [6.07, 6.45) is -0.0969. The highest BCUT2D eigenvalue weighted by atomic mass is 16.8. The van der Waals surface area contributed by atoms with Crippen molar-refractivity contribution in [2.75, 3.05) is 18.6 Å². The Hall–Kier alpha value is -2.61. The number of esters is 2.